The Balaban J connectivity index is 1.82. The summed E-state index contributed by atoms with van der Waals surface area (Å²) in [7, 11) is 0. The lowest BCUT2D eigenvalue weighted by Crippen LogP contribution is -2.44. The van der Waals surface area contributed by atoms with Gasteiger partial charge in [-0.3, -0.25) is 9.79 Å². The lowest BCUT2D eigenvalue weighted by Gasteiger charge is -2.28. The van der Waals surface area contributed by atoms with E-state index in [1.165, 1.54) is 38.2 Å². The van der Waals surface area contributed by atoms with Crippen molar-refractivity contribution >= 4 is 17.6 Å². The number of amides is 1. The van der Waals surface area contributed by atoms with Gasteiger partial charge in [-0.2, -0.15) is 0 Å². The Morgan fingerprint density at radius 2 is 1.84 bits per heavy atom. The third kappa shape index (κ3) is 7.16. The second kappa shape index (κ2) is 10.1. The van der Waals surface area contributed by atoms with Gasteiger partial charge in [-0.1, -0.05) is 19.1 Å². The Morgan fingerprint density at radius 3 is 2.44 bits per heavy atom. The van der Waals surface area contributed by atoms with E-state index in [0.29, 0.717) is 6.04 Å². The standard InChI is InChI=1S/C20H32N4O/c1-4-21-20(24-19-9-5-15(2)6-10-19)22-14-13-17-7-11-18(12-8-17)23-16(3)25/h7-8,11-12,15,19H,4-6,9-10,13-14H2,1-3H3,(H,23,25)(H2,21,22,24). The number of guanidine groups is 1. The van der Waals surface area contributed by atoms with Crippen molar-refractivity contribution in [2.45, 2.75) is 58.9 Å². The Morgan fingerprint density at radius 1 is 1.16 bits per heavy atom. The van der Waals surface area contributed by atoms with E-state index in [4.69, 9.17) is 4.99 Å². The number of carbonyl (C=O) groups excluding carboxylic acids is 1. The number of aliphatic imine (C=N–C) groups is 1. The smallest absolute Gasteiger partial charge is 0.221 e. The molecule has 0 heterocycles. The topological polar surface area (TPSA) is 65.5 Å². The van der Waals surface area contributed by atoms with Crippen molar-refractivity contribution in [1.82, 2.24) is 10.6 Å². The number of carbonyl (C=O) groups is 1. The molecule has 138 valence electrons. The Kier molecular flexibility index (Phi) is 7.76. The molecule has 3 N–H and O–H groups in total. The van der Waals surface area contributed by atoms with E-state index < -0.39 is 0 Å². The van der Waals surface area contributed by atoms with Gasteiger partial charge in [0.05, 0.1) is 0 Å². The number of anilines is 1. The quantitative estimate of drug-likeness (QED) is 0.548. The van der Waals surface area contributed by atoms with Crippen LogP contribution in [-0.2, 0) is 11.2 Å². The van der Waals surface area contributed by atoms with Crippen molar-refractivity contribution < 1.29 is 4.79 Å². The molecule has 5 heteroatoms. The molecule has 0 bridgehead atoms. The van der Waals surface area contributed by atoms with Gasteiger partial charge in [0.15, 0.2) is 5.96 Å². The SMILES string of the molecule is CCNC(=NCCc1ccc(NC(C)=O)cc1)NC1CCC(C)CC1. The van der Waals surface area contributed by atoms with E-state index >= 15 is 0 Å². The molecular formula is C20H32N4O. The predicted molar refractivity (Wildman–Crippen MR) is 105 cm³/mol. The molecule has 0 unspecified atom stereocenters. The van der Waals surface area contributed by atoms with Crippen molar-refractivity contribution in [3.05, 3.63) is 29.8 Å². The predicted octanol–water partition coefficient (Wildman–Crippen LogP) is 3.32. The molecule has 1 aliphatic rings. The molecule has 5 nitrogen and oxygen atoms in total. The van der Waals surface area contributed by atoms with Crippen LogP contribution in [0.5, 0.6) is 0 Å². The summed E-state index contributed by atoms with van der Waals surface area (Å²) in [6, 6.07) is 8.51. The van der Waals surface area contributed by atoms with Crippen molar-refractivity contribution in [3.63, 3.8) is 0 Å². The van der Waals surface area contributed by atoms with Crippen LogP contribution in [0.4, 0.5) is 5.69 Å². The number of rotatable bonds is 6. The molecule has 1 fully saturated rings. The number of nitrogens with one attached hydrogen (secondary N) is 3. The average Bonchev–Trinajstić information content (AvgIpc) is 2.58. The molecule has 0 atom stereocenters. The maximum atomic E-state index is 11.0. The van der Waals surface area contributed by atoms with Crippen LogP contribution in [0.15, 0.2) is 29.3 Å². The fourth-order valence-electron chi connectivity index (χ4n) is 3.17. The molecule has 2 rings (SSSR count). The Hall–Kier alpha value is -2.04. The van der Waals surface area contributed by atoms with Gasteiger partial charge in [-0.15, -0.1) is 0 Å². The summed E-state index contributed by atoms with van der Waals surface area (Å²) in [6.07, 6.45) is 5.96. The summed E-state index contributed by atoms with van der Waals surface area (Å²) in [4.78, 5) is 15.8. The lowest BCUT2D eigenvalue weighted by atomic mass is 9.87. The summed E-state index contributed by atoms with van der Waals surface area (Å²) >= 11 is 0. The second-order valence-corrected chi connectivity index (χ2v) is 6.99. The number of benzene rings is 1. The van der Waals surface area contributed by atoms with Gasteiger partial charge < -0.3 is 16.0 Å². The number of hydrogen-bond donors (Lipinski definition) is 3. The highest BCUT2D eigenvalue weighted by Crippen LogP contribution is 2.23. The van der Waals surface area contributed by atoms with Crippen LogP contribution in [-0.4, -0.2) is 31.0 Å². The zero-order chi connectivity index (χ0) is 18.1. The first-order valence-electron chi connectivity index (χ1n) is 9.48. The summed E-state index contributed by atoms with van der Waals surface area (Å²) in [5, 5.41) is 9.72. The highest BCUT2D eigenvalue weighted by Gasteiger charge is 2.18. The largest absolute Gasteiger partial charge is 0.357 e. The van der Waals surface area contributed by atoms with E-state index in [2.05, 4.69) is 29.8 Å². The average molecular weight is 345 g/mol. The molecule has 0 aliphatic heterocycles. The molecule has 1 aliphatic carbocycles. The zero-order valence-corrected chi connectivity index (χ0v) is 15.8. The number of nitrogens with zero attached hydrogens (tertiary/aromatic N) is 1. The molecule has 1 aromatic rings. The van der Waals surface area contributed by atoms with Crippen LogP contribution in [0.3, 0.4) is 0 Å². The van der Waals surface area contributed by atoms with Crippen molar-refractivity contribution in [1.29, 1.82) is 0 Å². The second-order valence-electron chi connectivity index (χ2n) is 6.99. The monoisotopic (exact) mass is 344 g/mol. The molecule has 25 heavy (non-hydrogen) atoms. The van der Waals surface area contributed by atoms with Crippen LogP contribution in [0.25, 0.3) is 0 Å². The Labute approximate surface area is 151 Å². The maximum absolute atomic E-state index is 11.0. The van der Waals surface area contributed by atoms with Crippen LogP contribution in [0.2, 0.25) is 0 Å². The van der Waals surface area contributed by atoms with Gasteiger partial charge in [0, 0.05) is 31.7 Å². The van der Waals surface area contributed by atoms with Crippen LogP contribution in [0, 0.1) is 5.92 Å². The molecule has 1 saturated carbocycles. The summed E-state index contributed by atoms with van der Waals surface area (Å²) in [6.45, 7) is 7.58. The van der Waals surface area contributed by atoms with Gasteiger partial charge in [0.2, 0.25) is 5.91 Å². The molecule has 0 spiro atoms. The van der Waals surface area contributed by atoms with Gasteiger partial charge in [0.1, 0.15) is 0 Å². The zero-order valence-electron chi connectivity index (χ0n) is 15.8. The van der Waals surface area contributed by atoms with E-state index in [1.54, 1.807) is 0 Å². The summed E-state index contributed by atoms with van der Waals surface area (Å²) < 4.78 is 0. The third-order valence-corrected chi connectivity index (χ3v) is 4.65. The minimum absolute atomic E-state index is 0.0455. The molecule has 0 saturated heterocycles. The van der Waals surface area contributed by atoms with Gasteiger partial charge in [-0.25, -0.2) is 0 Å². The molecule has 1 aromatic carbocycles. The van der Waals surface area contributed by atoms with E-state index in [1.807, 2.05) is 24.3 Å². The highest BCUT2D eigenvalue weighted by atomic mass is 16.1. The molecule has 0 aromatic heterocycles. The first-order chi connectivity index (χ1) is 12.1. The lowest BCUT2D eigenvalue weighted by molar-refractivity contribution is -0.114. The molecule has 1 amide bonds. The van der Waals surface area contributed by atoms with Crippen molar-refractivity contribution in [2.24, 2.45) is 10.9 Å². The Bertz CT molecular complexity index is 560. The fraction of sp³-hybridized carbons (Fsp3) is 0.600. The highest BCUT2D eigenvalue weighted by molar-refractivity contribution is 5.88. The van der Waals surface area contributed by atoms with E-state index in [-0.39, 0.29) is 5.91 Å². The van der Waals surface area contributed by atoms with E-state index in [0.717, 1.165) is 37.1 Å². The van der Waals surface area contributed by atoms with Crippen LogP contribution >= 0.6 is 0 Å². The first-order valence-corrected chi connectivity index (χ1v) is 9.48. The minimum atomic E-state index is -0.0455. The van der Waals surface area contributed by atoms with Crippen LogP contribution in [0.1, 0.15) is 52.0 Å². The number of hydrogen-bond acceptors (Lipinski definition) is 2. The first kappa shape index (κ1) is 19.3. The minimum Gasteiger partial charge on any atom is -0.357 e. The summed E-state index contributed by atoms with van der Waals surface area (Å²) in [5.74, 6) is 1.74. The van der Waals surface area contributed by atoms with Crippen molar-refractivity contribution in [2.75, 3.05) is 18.4 Å². The fourth-order valence-corrected chi connectivity index (χ4v) is 3.17. The van der Waals surface area contributed by atoms with Crippen molar-refractivity contribution in [3.8, 4) is 0 Å². The normalized spacial score (nSPS) is 20.8. The molecule has 0 radical (unpaired) electrons. The van der Waals surface area contributed by atoms with Gasteiger partial charge in [-0.05, 0) is 62.6 Å². The van der Waals surface area contributed by atoms with Crippen LogP contribution < -0.4 is 16.0 Å². The maximum Gasteiger partial charge on any atom is 0.221 e. The summed E-state index contributed by atoms with van der Waals surface area (Å²) in [5.41, 5.74) is 2.06. The van der Waals surface area contributed by atoms with E-state index in [9.17, 15) is 4.79 Å². The third-order valence-electron chi connectivity index (χ3n) is 4.65. The van der Waals surface area contributed by atoms with Gasteiger partial charge >= 0.3 is 0 Å². The molecular weight excluding hydrogens is 312 g/mol. The van der Waals surface area contributed by atoms with Gasteiger partial charge in [0.25, 0.3) is 0 Å².